The van der Waals surface area contributed by atoms with Crippen molar-refractivity contribution in [2.24, 2.45) is 5.73 Å². The third-order valence-electron chi connectivity index (χ3n) is 1.98. The molecule has 0 aliphatic carbocycles. The van der Waals surface area contributed by atoms with Crippen molar-refractivity contribution in [3.05, 3.63) is 23.2 Å². The average Bonchev–Trinajstić information content (AvgIpc) is 2.40. The number of rotatable bonds is 5. The molecule has 0 amide bonds. The van der Waals surface area contributed by atoms with Gasteiger partial charge in [0.2, 0.25) is 0 Å². The molecule has 1 rings (SSSR count). The number of aliphatic carboxylic acids is 1. The van der Waals surface area contributed by atoms with Crippen molar-refractivity contribution >= 4 is 23.5 Å². The van der Waals surface area contributed by atoms with Crippen LogP contribution in [0.15, 0.2) is 18.2 Å². The molecule has 1 unspecified atom stereocenters. The maximum absolute atomic E-state index is 11.3. The zero-order chi connectivity index (χ0) is 15.7. The highest BCUT2D eigenvalue weighted by atomic mass is 35.5. The van der Waals surface area contributed by atoms with Crippen molar-refractivity contribution in [1.82, 2.24) is 0 Å². The van der Waals surface area contributed by atoms with E-state index in [1.807, 2.05) is 0 Å². The fourth-order valence-corrected chi connectivity index (χ4v) is 1.39. The van der Waals surface area contributed by atoms with Gasteiger partial charge in [0.1, 0.15) is 11.5 Å². The molecular weight excluding hydrogens is 290 g/mol. The van der Waals surface area contributed by atoms with Gasteiger partial charge in [-0.2, -0.15) is 0 Å². The fourth-order valence-electron chi connectivity index (χ4n) is 1.14. The highest BCUT2D eigenvalue weighted by Gasteiger charge is 2.21. The maximum atomic E-state index is 11.3. The van der Waals surface area contributed by atoms with Gasteiger partial charge < -0.3 is 25.4 Å². The number of methoxy groups -OCH3 is 1. The second kappa shape index (κ2) is 9.13. The Hall–Kier alpha value is -1.83. The number of carbonyl (C=O) groups excluding carboxylic acids is 1. The molecule has 0 aliphatic heterocycles. The van der Waals surface area contributed by atoms with Gasteiger partial charge in [-0.05, 0) is 19.2 Å². The van der Waals surface area contributed by atoms with E-state index < -0.39 is 24.5 Å². The number of carbonyl (C=O) groups is 2. The SMILES string of the molecule is CN.COc1ccc(OC(=O)C(O)CC(=O)O)cc1Cl. The van der Waals surface area contributed by atoms with Crippen LogP contribution in [0.5, 0.6) is 11.5 Å². The Labute approximate surface area is 120 Å². The molecule has 20 heavy (non-hydrogen) atoms. The predicted octanol–water partition coefficient (Wildman–Crippen LogP) is 0.665. The first-order valence-corrected chi connectivity index (χ1v) is 5.84. The lowest BCUT2D eigenvalue weighted by Crippen LogP contribution is -2.28. The molecule has 1 aromatic rings. The van der Waals surface area contributed by atoms with Crippen LogP contribution in [0.3, 0.4) is 0 Å². The molecule has 4 N–H and O–H groups in total. The molecule has 0 radical (unpaired) electrons. The van der Waals surface area contributed by atoms with Gasteiger partial charge in [0.25, 0.3) is 0 Å². The van der Waals surface area contributed by atoms with E-state index in [-0.39, 0.29) is 10.8 Å². The Morgan fingerprint density at radius 3 is 2.45 bits per heavy atom. The molecular formula is C12H16ClNO6. The molecule has 1 aromatic carbocycles. The Balaban J connectivity index is 0.00000172. The van der Waals surface area contributed by atoms with Gasteiger partial charge in [-0.1, -0.05) is 11.6 Å². The molecule has 8 heteroatoms. The quantitative estimate of drug-likeness (QED) is 0.540. The number of nitrogens with two attached hydrogens (primary N) is 1. The number of carboxylic acid groups (broad SMARTS) is 1. The van der Waals surface area contributed by atoms with E-state index in [1.54, 1.807) is 0 Å². The van der Waals surface area contributed by atoms with Crippen LogP contribution in [-0.2, 0) is 9.59 Å². The van der Waals surface area contributed by atoms with Crippen molar-refractivity contribution in [2.45, 2.75) is 12.5 Å². The van der Waals surface area contributed by atoms with Crippen LogP contribution in [-0.4, -0.2) is 42.4 Å². The van der Waals surface area contributed by atoms with E-state index in [1.165, 1.54) is 32.4 Å². The largest absolute Gasteiger partial charge is 0.495 e. The highest BCUT2D eigenvalue weighted by molar-refractivity contribution is 6.32. The molecule has 0 saturated carbocycles. The predicted molar refractivity (Wildman–Crippen MR) is 72.0 cm³/mol. The lowest BCUT2D eigenvalue weighted by molar-refractivity contribution is -0.150. The van der Waals surface area contributed by atoms with E-state index in [9.17, 15) is 14.7 Å². The summed E-state index contributed by atoms with van der Waals surface area (Å²) in [5, 5.41) is 17.8. The fraction of sp³-hybridized carbons (Fsp3) is 0.333. The third-order valence-corrected chi connectivity index (χ3v) is 2.28. The summed E-state index contributed by atoms with van der Waals surface area (Å²) in [4.78, 5) is 21.6. The lowest BCUT2D eigenvalue weighted by atomic mass is 10.2. The normalized spacial score (nSPS) is 10.8. The Morgan fingerprint density at radius 1 is 1.40 bits per heavy atom. The van der Waals surface area contributed by atoms with E-state index in [4.69, 9.17) is 26.2 Å². The summed E-state index contributed by atoms with van der Waals surface area (Å²) in [5.74, 6) is -1.86. The Kier molecular flexibility index (Phi) is 8.30. The molecule has 0 saturated heterocycles. The van der Waals surface area contributed by atoms with Crippen LogP contribution in [0.1, 0.15) is 6.42 Å². The van der Waals surface area contributed by atoms with Crippen molar-refractivity contribution in [3.8, 4) is 11.5 Å². The summed E-state index contributed by atoms with van der Waals surface area (Å²) in [6.45, 7) is 0. The summed E-state index contributed by atoms with van der Waals surface area (Å²) in [6.07, 6.45) is -2.44. The first-order valence-electron chi connectivity index (χ1n) is 5.47. The first kappa shape index (κ1) is 18.2. The van der Waals surface area contributed by atoms with E-state index in [0.29, 0.717) is 5.75 Å². The number of aliphatic hydroxyl groups excluding tert-OH is 1. The van der Waals surface area contributed by atoms with Gasteiger partial charge in [0, 0.05) is 6.07 Å². The van der Waals surface area contributed by atoms with Crippen molar-refractivity contribution in [3.63, 3.8) is 0 Å². The van der Waals surface area contributed by atoms with Crippen LogP contribution < -0.4 is 15.2 Å². The molecule has 0 spiro atoms. The van der Waals surface area contributed by atoms with Gasteiger partial charge in [-0.15, -0.1) is 0 Å². The van der Waals surface area contributed by atoms with Gasteiger partial charge in [-0.25, -0.2) is 4.79 Å². The zero-order valence-corrected chi connectivity index (χ0v) is 11.8. The van der Waals surface area contributed by atoms with Crippen molar-refractivity contribution < 1.29 is 29.3 Å². The monoisotopic (exact) mass is 305 g/mol. The van der Waals surface area contributed by atoms with Crippen LogP contribution in [0, 0.1) is 0 Å². The second-order valence-electron chi connectivity index (χ2n) is 3.33. The van der Waals surface area contributed by atoms with Crippen LogP contribution in [0.4, 0.5) is 0 Å². The number of esters is 1. The Bertz CT molecular complexity index is 465. The number of halogens is 1. The van der Waals surface area contributed by atoms with E-state index >= 15 is 0 Å². The number of carboxylic acids is 1. The summed E-state index contributed by atoms with van der Waals surface area (Å²) in [6, 6.07) is 4.22. The number of hydrogen-bond acceptors (Lipinski definition) is 6. The summed E-state index contributed by atoms with van der Waals surface area (Å²) in [5.41, 5.74) is 4.50. The molecule has 0 aliphatic rings. The van der Waals surface area contributed by atoms with Gasteiger partial charge in [-0.3, -0.25) is 4.79 Å². The number of benzene rings is 1. The summed E-state index contributed by atoms with van der Waals surface area (Å²) < 4.78 is 9.67. The van der Waals surface area contributed by atoms with Crippen LogP contribution in [0.2, 0.25) is 5.02 Å². The van der Waals surface area contributed by atoms with Crippen molar-refractivity contribution in [2.75, 3.05) is 14.2 Å². The molecule has 0 heterocycles. The minimum Gasteiger partial charge on any atom is -0.495 e. The summed E-state index contributed by atoms with van der Waals surface area (Å²) in [7, 11) is 2.93. The second-order valence-corrected chi connectivity index (χ2v) is 3.74. The topological polar surface area (TPSA) is 119 Å². The van der Waals surface area contributed by atoms with Crippen LogP contribution in [0.25, 0.3) is 0 Å². The van der Waals surface area contributed by atoms with Gasteiger partial charge in [0.15, 0.2) is 6.10 Å². The first-order chi connectivity index (χ1) is 9.43. The van der Waals surface area contributed by atoms with E-state index in [2.05, 4.69) is 5.73 Å². The number of ether oxygens (including phenoxy) is 2. The maximum Gasteiger partial charge on any atom is 0.340 e. The van der Waals surface area contributed by atoms with Gasteiger partial charge >= 0.3 is 11.9 Å². The number of hydrogen-bond donors (Lipinski definition) is 3. The van der Waals surface area contributed by atoms with Crippen molar-refractivity contribution in [1.29, 1.82) is 0 Å². The summed E-state index contributed by atoms with van der Waals surface area (Å²) >= 11 is 5.80. The minimum atomic E-state index is -1.72. The smallest absolute Gasteiger partial charge is 0.340 e. The molecule has 0 bridgehead atoms. The minimum absolute atomic E-state index is 0.0928. The highest BCUT2D eigenvalue weighted by Crippen LogP contribution is 2.28. The Morgan fingerprint density at radius 2 is 2.00 bits per heavy atom. The number of aliphatic hydroxyl groups is 1. The van der Waals surface area contributed by atoms with Crippen LogP contribution >= 0.6 is 11.6 Å². The lowest BCUT2D eigenvalue weighted by Gasteiger charge is -2.09. The molecule has 0 aromatic heterocycles. The molecule has 0 fully saturated rings. The zero-order valence-electron chi connectivity index (χ0n) is 11.0. The average molecular weight is 306 g/mol. The molecule has 112 valence electrons. The van der Waals surface area contributed by atoms with E-state index in [0.717, 1.165) is 0 Å². The molecule has 1 atom stereocenters. The standard InChI is InChI=1S/C11H11ClO6.CH5N/c1-17-9-3-2-6(4-7(9)12)18-11(16)8(13)5-10(14)15;1-2/h2-4,8,13H,5H2,1H3,(H,14,15);2H2,1H3. The van der Waals surface area contributed by atoms with Gasteiger partial charge in [0.05, 0.1) is 18.6 Å². The molecule has 7 nitrogen and oxygen atoms in total. The third kappa shape index (κ3) is 5.87.